The second kappa shape index (κ2) is 16.4. The van der Waals surface area contributed by atoms with Gasteiger partial charge in [-0.2, -0.15) is 4.40 Å². The molecular formula is C33H49N5O4SSi. The van der Waals surface area contributed by atoms with Crippen molar-refractivity contribution >= 4 is 42.0 Å². The lowest BCUT2D eigenvalue weighted by atomic mass is 9.89. The number of carbonyl (C=O) groups excluding carboxylic acids is 1. The number of nitrogens with zero attached hydrogens (tertiary/aromatic N) is 5. The van der Waals surface area contributed by atoms with Gasteiger partial charge in [0.25, 0.3) is 8.32 Å². The van der Waals surface area contributed by atoms with Crippen molar-refractivity contribution in [2.75, 3.05) is 18.8 Å². The topological polar surface area (TPSA) is 117 Å². The van der Waals surface area contributed by atoms with Crippen LogP contribution in [0, 0.1) is 0 Å². The minimum absolute atomic E-state index is 0.270. The van der Waals surface area contributed by atoms with E-state index in [1.54, 1.807) is 11.1 Å². The van der Waals surface area contributed by atoms with Crippen LogP contribution >= 0.6 is 0 Å². The molecule has 1 fully saturated rings. The standard InChI is InChI=1S/C33H49N5O4SSi/c1-7-9-18-25-43(40)36-26-29-33(6,41-31(39)38(29)24-17-16-23-35-37-34)30(8-2)42-44(32(3,4)5,27-19-12-10-13-20-27)28-21-14-11-15-22-28/h10-15,19-22,26,29-30H,7-9,16-18,23-25H2,1-6H3/t29-,30-,33+,43+/m1/s1. The van der Waals surface area contributed by atoms with Crippen LogP contribution in [-0.2, 0) is 20.1 Å². The van der Waals surface area contributed by atoms with Crippen molar-refractivity contribution in [1.82, 2.24) is 4.90 Å². The van der Waals surface area contributed by atoms with E-state index >= 15 is 0 Å². The van der Waals surface area contributed by atoms with Crippen molar-refractivity contribution in [1.29, 1.82) is 0 Å². The first-order chi connectivity index (χ1) is 21.0. The van der Waals surface area contributed by atoms with Gasteiger partial charge in [-0.25, -0.2) is 9.00 Å². The van der Waals surface area contributed by atoms with Crippen LogP contribution < -0.4 is 10.4 Å². The van der Waals surface area contributed by atoms with E-state index < -0.39 is 43.1 Å². The Morgan fingerprint density at radius 3 is 2.20 bits per heavy atom. The molecule has 0 aromatic heterocycles. The van der Waals surface area contributed by atoms with Crippen LogP contribution in [0.5, 0.6) is 0 Å². The maximum atomic E-state index is 13.5. The fourth-order valence-corrected chi connectivity index (χ4v) is 11.8. The molecule has 3 rings (SSSR count). The van der Waals surface area contributed by atoms with Crippen LogP contribution in [0.25, 0.3) is 10.4 Å². The lowest BCUT2D eigenvalue weighted by molar-refractivity contribution is -0.0405. The molecule has 0 saturated carbocycles. The maximum Gasteiger partial charge on any atom is 0.411 e. The summed E-state index contributed by atoms with van der Waals surface area (Å²) < 4.78 is 31.1. The summed E-state index contributed by atoms with van der Waals surface area (Å²) in [7, 11) is -4.40. The molecular weight excluding hydrogens is 591 g/mol. The second-order valence-corrected chi connectivity index (χ2v) is 18.0. The molecule has 0 unspecified atom stereocenters. The lowest BCUT2D eigenvalue weighted by Gasteiger charge is -2.48. The summed E-state index contributed by atoms with van der Waals surface area (Å²) in [6.45, 7) is 13.5. The molecule has 0 bridgehead atoms. The molecule has 0 N–H and O–H groups in total. The molecule has 1 aliphatic rings. The zero-order chi connectivity index (χ0) is 32.2. The van der Waals surface area contributed by atoms with Crippen LogP contribution in [0.15, 0.2) is 70.2 Å². The Hall–Kier alpha value is -2.98. The van der Waals surface area contributed by atoms with Gasteiger partial charge in [-0.15, -0.1) is 0 Å². The third-order valence-electron chi connectivity index (χ3n) is 8.42. The van der Waals surface area contributed by atoms with E-state index in [0.717, 1.165) is 29.6 Å². The molecule has 0 aliphatic carbocycles. The van der Waals surface area contributed by atoms with Crippen LogP contribution in [0.4, 0.5) is 4.79 Å². The minimum atomic E-state index is -2.99. The second-order valence-electron chi connectivity index (χ2n) is 12.5. The highest BCUT2D eigenvalue weighted by molar-refractivity contribution is 7.83. The first-order valence-electron chi connectivity index (χ1n) is 15.8. The Morgan fingerprint density at radius 2 is 1.68 bits per heavy atom. The Kier molecular flexibility index (Phi) is 13.2. The van der Waals surface area contributed by atoms with Gasteiger partial charge in [0.1, 0.15) is 17.0 Å². The van der Waals surface area contributed by atoms with E-state index in [-0.39, 0.29) is 5.04 Å². The SMILES string of the molecule is CCCCC[S@](=O)N=C[C@H]1N(CCCCN=[N+]=[N-])C(=O)O[C@]1(C)[C@@H](CC)O[Si](c1ccccc1)(c1ccccc1)C(C)(C)C. The molecule has 0 radical (unpaired) electrons. The van der Waals surface area contributed by atoms with Gasteiger partial charge in [-0.05, 0) is 53.5 Å². The normalized spacial score (nSPS) is 20.4. The van der Waals surface area contributed by atoms with Gasteiger partial charge in [0, 0.05) is 30.0 Å². The van der Waals surface area contributed by atoms with Gasteiger partial charge >= 0.3 is 6.09 Å². The minimum Gasteiger partial charge on any atom is -0.438 e. The molecule has 0 spiro atoms. The highest BCUT2D eigenvalue weighted by Crippen LogP contribution is 2.42. The summed E-state index contributed by atoms with van der Waals surface area (Å²) in [5.41, 5.74) is 7.55. The third-order valence-corrected chi connectivity index (χ3v) is 14.5. The number of benzene rings is 2. The van der Waals surface area contributed by atoms with Crippen LogP contribution in [0.1, 0.15) is 80.1 Å². The first kappa shape index (κ1) is 35.5. The van der Waals surface area contributed by atoms with Crippen molar-refractivity contribution < 1.29 is 18.2 Å². The van der Waals surface area contributed by atoms with Crippen molar-refractivity contribution in [3.05, 3.63) is 71.1 Å². The molecule has 1 aliphatic heterocycles. The van der Waals surface area contributed by atoms with Gasteiger partial charge in [0.2, 0.25) is 0 Å². The molecule has 2 aromatic rings. The Balaban J connectivity index is 2.09. The van der Waals surface area contributed by atoms with Crippen molar-refractivity contribution in [2.24, 2.45) is 9.51 Å². The largest absolute Gasteiger partial charge is 0.438 e. The van der Waals surface area contributed by atoms with E-state index in [1.165, 1.54) is 0 Å². The van der Waals surface area contributed by atoms with Crippen LogP contribution in [-0.4, -0.2) is 66.3 Å². The Bertz CT molecular complexity index is 1260. The Morgan fingerprint density at radius 1 is 1.07 bits per heavy atom. The number of hydrogen-bond acceptors (Lipinski definition) is 5. The maximum absolute atomic E-state index is 13.5. The number of amides is 1. The van der Waals surface area contributed by atoms with E-state index in [0.29, 0.717) is 38.1 Å². The monoisotopic (exact) mass is 639 g/mol. The summed E-state index contributed by atoms with van der Waals surface area (Å²) in [6.07, 6.45) is 5.41. The molecule has 9 nitrogen and oxygen atoms in total. The predicted molar refractivity (Wildman–Crippen MR) is 182 cm³/mol. The average molecular weight is 640 g/mol. The van der Waals surface area contributed by atoms with Crippen LogP contribution in [0.2, 0.25) is 5.04 Å². The van der Waals surface area contributed by atoms with Crippen LogP contribution in [0.3, 0.4) is 0 Å². The van der Waals surface area contributed by atoms with Crippen molar-refractivity contribution in [3.63, 3.8) is 0 Å². The summed E-state index contributed by atoms with van der Waals surface area (Å²) in [5.74, 6) is 0.477. The fourth-order valence-electron chi connectivity index (χ4n) is 6.12. The van der Waals surface area contributed by atoms with Gasteiger partial charge in [-0.1, -0.05) is 113 Å². The molecule has 1 saturated heterocycles. The zero-order valence-corrected chi connectivity index (χ0v) is 29.0. The molecule has 11 heteroatoms. The molecule has 44 heavy (non-hydrogen) atoms. The van der Waals surface area contributed by atoms with E-state index in [2.05, 4.69) is 97.6 Å². The number of ether oxygens (including phenoxy) is 1. The van der Waals surface area contributed by atoms with Gasteiger partial charge in [-0.3, -0.25) is 4.90 Å². The van der Waals surface area contributed by atoms with Gasteiger partial charge in [0.15, 0.2) is 5.60 Å². The summed E-state index contributed by atoms with van der Waals surface area (Å²) in [6, 6.07) is 20.2. The predicted octanol–water partition coefficient (Wildman–Crippen LogP) is 6.94. The number of hydrogen-bond donors (Lipinski definition) is 0. The Labute approximate surface area is 266 Å². The molecule has 2 aromatic carbocycles. The first-order valence-corrected chi connectivity index (χ1v) is 19.0. The molecule has 1 amide bonds. The molecule has 4 atom stereocenters. The van der Waals surface area contributed by atoms with E-state index in [9.17, 15) is 9.00 Å². The number of rotatable bonds is 17. The zero-order valence-electron chi connectivity index (χ0n) is 27.1. The third kappa shape index (κ3) is 8.18. The highest BCUT2D eigenvalue weighted by atomic mass is 32.2. The lowest BCUT2D eigenvalue weighted by Crippen LogP contribution is -2.70. The van der Waals surface area contributed by atoms with E-state index in [1.807, 2.05) is 19.1 Å². The molecule has 1 heterocycles. The number of cyclic esters (lactones) is 1. The summed E-state index contributed by atoms with van der Waals surface area (Å²) >= 11 is 0. The number of carbonyl (C=O) groups is 1. The number of azide groups is 1. The fraction of sp³-hybridized carbons (Fsp3) is 0.576. The van der Waals surface area contributed by atoms with Gasteiger partial charge in [0.05, 0.1) is 6.10 Å². The van der Waals surface area contributed by atoms with E-state index in [4.69, 9.17) is 14.7 Å². The molecule has 240 valence electrons. The number of unbranched alkanes of at least 4 members (excludes halogenated alkanes) is 3. The summed E-state index contributed by atoms with van der Waals surface area (Å²) in [4.78, 5) is 18.0. The smallest absolute Gasteiger partial charge is 0.411 e. The van der Waals surface area contributed by atoms with Gasteiger partial charge < -0.3 is 9.16 Å². The van der Waals surface area contributed by atoms with Crippen molar-refractivity contribution in [2.45, 2.75) is 103 Å². The quantitative estimate of drug-likeness (QED) is 0.0466. The highest BCUT2D eigenvalue weighted by Gasteiger charge is 2.59. The average Bonchev–Trinajstić information content (AvgIpc) is 3.25. The van der Waals surface area contributed by atoms with Crippen molar-refractivity contribution in [3.8, 4) is 0 Å². The summed E-state index contributed by atoms with van der Waals surface area (Å²) in [5, 5.41) is 5.64.